The number of nitrogens with zero attached hydrogens (tertiary/aromatic N) is 2. The molecule has 176 valence electrons. The zero-order valence-electron chi connectivity index (χ0n) is 17.4. The molecule has 7 nitrogen and oxygen atoms in total. The highest BCUT2D eigenvalue weighted by atomic mass is 35.5. The van der Waals surface area contributed by atoms with Gasteiger partial charge in [0.1, 0.15) is 5.75 Å². The van der Waals surface area contributed by atoms with E-state index < -0.39 is 23.8 Å². The van der Waals surface area contributed by atoms with Crippen molar-refractivity contribution in [3.8, 4) is 5.75 Å². The van der Waals surface area contributed by atoms with Gasteiger partial charge in [0, 0.05) is 13.1 Å². The van der Waals surface area contributed by atoms with E-state index >= 15 is 0 Å². The van der Waals surface area contributed by atoms with E-state index in [1.54, 1.807) is 34.1 Å². The van der Waals surface area contributed by atoms with Crippen LogP contribution in [-0.4, -0.2) is 62.2 Å². The van der Waals surface area contributed by atoms with E-state index in [0.29, 0.717) is 37.7 Å². The Morgan fingerprint density at radius 1 is 1.12 bits per heavy atom. The molecule has 2 heterocycles. The molecule has 4 rings (SSSR count). The topological polar surface area (TPSA) is 71.1 Å². The molecule has 0 aliphatic carbocycles. The first-order valence-corrected chi connectivity index (χ1v) is 10.6. The number of benzene rings is 2. The number of morpholine rings is 1. The Morgan fingerprint density at radius 3 is 2.58 bits per heavy atom. The fourth-order valence-corrected chi connectivity index (χ4v) is 3.90. The molecule has 1 unspecified atom stereocenters. The number of anilines is 2. The number of ether oxygens (including phenoxy) is 2. The summed E-state index contributed by atoms with van der Waals surface area (Å²) in [6.45, 7) is 1.69. The molecule has 0 aromatic heterocycles. The SMILES string of the molecule is O=C(CN1CC(C(=O)N2CCOCC2)Oc2ccccc21)Nc1cc(C(F)(F)F)ccc1Cl. The van der Waals surface area contributed by atoms with Gasteiger partial charge < -0.3 is 24.6 Å². The van der Waals surface area contributed by atoms with Crippen LogP contribution in [-0.2, 0) is 20.5 Å². The molecule has 2 aliphatic heterocycles. The van der Waals surface area contributed by atoms with Crippen LogP contribution in [0.5, 0.6) is 5.75 Å². The third kappa shape index (κ3) is 5.33. The number of hydrogen-bond donors (Lipinski definition) is 1. The number of amides is 2. The van der Waals surface area contributed by atoms with E-state index in [1.165, 1.54) is 0 Å². The Labute approximate surface area is 193 Å². The van der Waals surface area contributed by atoms with E-state index in [2.05, 4.69) is 5.32 Å². The van der Waals surface area contributed by atoms with Gasteiger partial charge in [0.2, 0.25) is 5.91 Å². The predicted octanol–water partition coefficient (Wildman–Crippen LogP) is 3.42. The van der Waals surface area contributed by atoms with E-state index in [4.69, 9.17) is 21.1 Å². The minimum absolute atomic E-state index is 0.0147. The molecule has 11 heteroatoms. The molecule has 1 saturated heterocycles. The number of alkyl halides is 3. The summed E-state index contributed by atoms with van der Waals surface area (Å²) in [6.07, 6.45) is -5.40. The van der Waals surface area contributed by atoms with Gasteiger partial charge in [0.25, 0.3) is 5.91 Å². The number of para-hydroxylation sites is 2. The summed E-state index contributed by atoms with van der Waals surface area (Å²) in [5.41, 5.74) is -0.456. The standard InChI is InChI=1S/C22H21ClF3N3O4/c23-15-6-5-14(22(24,25)26)11-16(15)27-20(30)13-29-12-19(21(31)28-7-9-32-10-8-28)33-18-4-2-1-3-17(18)29/h1-6,11,19H,7-10,12-13H2,(H,27,30). The first-order valence-electron chi connectivity index (χ1n) is 10.3. The molecule has 2 aromatic rings. The highest BCUT2D eigenvalue weighted by Crippen LogP contribution is 2.35. The van der Waals surface area contributed by atoms with Gasteiger partial charge in [-0.25, -0.2) is 0 Å². The van der Waals surface area contributed by atoms with Gasteiger partial charge in [-0.1, -0.05) is 23.7 Å². The van der Waals surface area contributed by atoms with Crippen molar-refractivity contribution in [2.24, 2.45) is 0 Å². The third-order valence-electron chi connectivity index (χ3n) is 5.36. The van der Waals surface area contributed by atoms with Crippen molar-refractivity contribution in [2.75, 3.05) is 49.6 Å². The second-order valence-corrected chi connectivity index (χ2v) is 8.04. The van der Waals surface area contributed by atoms with Crippen LogP contribution < -0.4 is 15.0 Å². The lowest BCUT2D eigenvalue weighted by atomic mass is 10.1. The predicted molar refractivity (Wildman–Crippen MR) is 116 cm³/mol. The zero-order valence-corrected chi connectivity index (χ0v) is 18.2. The number of rotatable bonds is 4. The summed E-state index contributed by atoms with van der Waals surface area (Å²) < 4.78 is 50.3. The van der Waals surface area contributed by atoms with Crippen LogP contribution in [0.1, 0.15) is 5.56 Å². The van der Waals surface area contributed by atoms with Crippen molar-refractivity contribution in [3.63, 3.8) is 0 Å². The lowest BCUT2D eigenvalue weighted by Crippen LogP contribution is -2.53. The van der Waals surface area contributed by atoms with Gasteiger partial charge in [-0.3, -0.25) is 9.59 Å². The lowest BCUT2D eigenvalue weighted by molar-refractivity contribution is -0.142. The number of hydrogen-bond acceptors (Lipinski definition) is 5. The molecule has 0 saturated carbocycles. The molecule has 2 amide bonds. The van der Waals surface area contributed by atoms with Gasteiger partial charge in [-0.05, 0) is 30.3 Å². The minimum Gasteiger partial charge on any atom is -0.477 e. The van der Waals surface area contributed by atoms with E-state index in [9.17, 15) is 22.8 Å². The molecule has 2 aliphatic rings. The van der Waals surface area contributed by atoms with Crippen LogP contribution in [0.15, 0.2) is 42.5 Å². The summed E-state index contributed by atoms with van der Waals surface area (Å²) in [4.78, 5) is 29.0. The second kappa shape index (κ2) is 9.48. The van der Waals surface area contributed by atoms with Crippen molar-refractivity contribution < 1.29 is 32.2 Å². The van der Waals surface area contributed by atoms with Crippen molar-refractivity contribution in [3.05, 3.63) is 53.1 Å². The van der Waals surface area contributed by atoms with Crippen molar-refractivity contribution in [1.29, 1.82) is 0 Å². The van der Waals surface area contributed by atoms with Crippen molar-refractivity contribution in [1.82, 2.24) is 4.90 Å². The Bertz CT molecular complexity index is 1040. The number of halogens is 4. The molecular weight excluding hydrogens is 463 g/mol. The third-order valence-corrected chi connectivity index (χ3v) is 5.69. The first-order chi connectivity index (χ1) is 15.7. The number of carbonyl (C=O) groups excluding carboxylic acids is 2. The molecule has 0 radical (unpaired) electrons. The Morgan fingerprint density at radius 2 is 1.85 bits per heavy atom. The second-order valence-electron chi connectivity index (χ2n) is 7.63. The fraction of sp³-hybridized carbons (Fsp3) is 0.364. The molecule has 1 fully saturated rings. The molecular formula is C22H21ClF3N3O4. The normalized spacial score (nSPS) is 18.4. The molecule has 0 bridgehead atoms. The number of carbonyl (C=O) groups is 2. The highest BCUT2D eigenvalue weighted by Gasteiger charge is 2.35. The summed E-state index contributed by atoms with van der Waals surface area (Å²) in [7, 11) is 0. The summed E-state index contributed by atoms with van der Waals surface area (Å²) >= 11 is 5.99. The van der Waals surface area contributed by atoms with Gasteiger partial charge in [-0.2, -0.15) is 13.2 Å². The van der Waals surface area contributed by atoms with Crippen LogP contribution >= 0.6 is 11.6 Å². The number of nitrogens with one attached hydrogen (secondary N) is 1. The first kappa shape index (κ1) is 23.2. The smallest absolute Gasteiger partial charge is 0.416 e. The molecule has 0 spiro atoms. The van der Waals surface area contributed by atoms with Crippen molar-refractivity contribution >= 4 is 34.8 Å². The summed E-state index contributed by atoms with van der Waals surface area (Å²) in [5, 5.41) is 2.43. The Hall–Kier alpha value is -2.98. The molecule has 1 atom stereocenters. The van der Waals surface area contributed by atoms with E-state index in [-0.39, 0.29) is 29.7 Å². The average Bonchev–Trinajstić information content (AvgIpc) is 2.79. The quantitative estimate of drug-likeness (QED) is 0.721. The van der Waals surface area contributed by atoms with Gasteiger partial charge in [-0.15, -0.1) is 0 Å². The Kier molecular flexibility index (Phi) is 6.66. The number of fused-ring (bicyclic) bond motifs is 1. The average molecular weight is 484 g/mol. The highest BCUT2D eigenvalue weighted by molar-refractivity contribution is 6.33. The maximum atomic E-state index is 13.0. The fourth-order valence-electron chi connectivity index (χ4n) is 3.73. The van der Waals surface area contributed by atoms with Crippen molar-refractivity contribution in [2.45, 2.75) is 12.3 Å². The minimum atomic E-state index is -4.57. The molecule has 1 N–H and O–H groups in total. The summed E-state index contributed by atoms with van der Waals surface area (Å²) in [5.74, 6) is -0.343. The molecule has 33 heavy (non-hydrogen) atoms. The van der Waals surface area contributed by atoms with Crippen LogP contribution in [0.2, 0.25) is 5.02 Å². The van der Waals surface area contributed by atoms with Crippen LogP contribution in [0, 0.1) is 0 Å². The van der Waals surface area contributed by atoms with Gasteiger partial charge >= 0.3 is 6.18 Å². The van der Waals surface area contributed by atoms with E-state index in [1.807, 2.05) is 0 Å². The summed E-state index contributed by atoms with van der Waals surface area (Å²) in [6, 6.07) is 9.68. The maximum absolute atomic E-state index is 13.0. The largest absolute Gasteiger partial charge is 0.477 e. The maximum Gasteiger partial charge on any atom is 0.416 e. The lowest BCUT2D eigenvalue weighted by Gasteiger charge is -2.38. The van der Waals surface area contributed by atoms with Crippen LogP contribution in [0.4, 0.5) is 24.5 Å². The van der Waals surface area contributed by atoms with Crippen LogP contribution in [0.3, 0.4) is 0 Å². The van der Waals surface area contributed by atoms with Gasteiger partial charge in [0.05, 0.1) is 48.3 Å². The monoisotopic (exact) mass is 483 g/mol. The zero-order chi connectivity index (χ0) is 23.6. The van der Waals surface area contributed by atoms with Gasteiger partial charge in [0.15, 0.2) is 6.10 Å². The molecule has 2 aromatic carbocycles. The van der Waals surface area contributed by atoms with Crippen LogP contribution in [0.25, 0.3) is 0 Å². The Balaban J connectivity index is 1.50. The van der Waals surface area contributed by atoms with E-state index in [0.717, 1.165) is 18.2 Å².